The summed E-state index contributed by atoms with van der Waals surface area (Å²) in [6.07, 6.45) is 1.23. The number of ether oxygens (including phenoxy) is 2. The van der Waals surface area contributed by atoms with Gasteiger partial charge in [-0.05, 0) is 62.6 Å². The molecule has 0 heterocycles. The first-order valence-electron chi connectivity index (χ1n) is 12.7. The lowest BCUT2D eigenvalue weighted by Crippen LogP contribution is -2.54. The molecular formula is C31H38N2O4. The third kappa shape index (κ3) is 9.30. The molecule has 3 rings (SSSR count). The van der Waals surface area contributed by atoms with E-state index in [-0.39, 0.29) is 18.2 Å². The van der Waals surface area contributed by atoms with Crippen LogP contribution in [0.3, 0.4) is 0 Å². The van der Waals surface area contributed by atoms with Crippen LogP contribution in [-0.4, -0.2) is 42.0 Å². The summed E-state index contributed by atoms with van der Waals surface area (Å²) in [4.78, 5) is 29.0. The average Bonchev–Trinajstić information content (AvgIpc) is 2.89. The molecule has 0 unspecified atom stereocenters. The minimum Gasteiger partial charge on any atom is -0.497 e. The van der Waals surface area contributed by atoms with Crippen molar-refractivity contribution in [3.63, 3.8) is 0 Å². The van der Waals surface area contributed by atoms with Gasteiger partial charge < -0.3 is 19.7 Å². The minimum absolute atomic E-state index is 0.0931. The van der Waals surface area contributed by atoms with Crippen LogP contribution in [0.2, 0.25) is 0 Å². The largest absolute Gasteiger partial charge is 0.497 e. The van der Waals surface area contributed by atoms with Crippen LogP contribution in [0, 0.1) is 0 Å². The van der Waals surface area contributed by atoms with E-state index in [1.807, 2.05) is 106 Å². The Morgan fingerprint density at radius 2 is 1.49 bits per heavy atom. The molecule has 3 aromatic carbocycles. The lowest BCUT2D eigenvalue weighted by atomic mass is 10.00. The van der Waals surface area contributed by atoms with Gasteiger partial charge in [-0.2, -0.15) is 0 Å². The van der Waals surface area contributed by atoms with Crippen LogP contribution in [0.1, 0.15) is 44.7 Å². The zero-order valence-electron chi connectivity index (χ0n) is 22.3. The van der Waals surface area contributed by atoms with E-state index in [2.05, 4.69) is 5.32 Å². The first-order chi connectivity index (χ1) is 17.7. The number of carbonyl (C=O) groups is 2. The van der Waals surface area contributed by atoms with Gasteiger partial charge >= 0.3 is 0 Å². The normalized spacial score (nSPS) is 11.9. The molecule has 0 aromatic heterocycles. The van der Waals surface area contributed by atoms with Crippen LogP contribution in [0.15, 0.2) is 84.9 Å². The van der Waals surface area contributed by atoms with E-state index in [4.69, 9.17) is 9.47 Å². The predicted octanol–water partition coefficient (Wildman–Crippen LogP) is 5.41. The number of rotatable bonds is 12. The van der Waals surface area contributed by atoms with Crippen molar-refractivity contribution in [1.82, 2.24) is 10.2 Å². The summed E-state index contributed by atoms with van der Waals surface area (Å²) in [7, 11) is 1.61. The highest BCUT2D eigenvalue weighted by molar-refractivity contribution is 5.88. The minimum atomic E-state index is -0.671. The van der Waals surface area contributed by atoms with Gasteiger partial charge in [0.25, 0.3) is 0 Å². The lowest BCUT2D eigenvalue weighted by Gasteiger charge is -2.34. The van der Waals surface area contributed by atoms with Crippen molar-refractivity contribution >= 4 is 11.8 Å². The number of carbonyl (C=O) groups excluding carboxylic acids is 2. The molecule has 0 aliphatic rings. The molecule has 0 saturated heterocycles. The Kier molecular flexibility index (Phi) is 10.1. The van der Waals surface area contributed by atoms with Crippen molar-refractivity contribution in [2.45, 2.75) is 58.2 Å². The fourth-order valence-corrected chi connectivity index (χ4v) is 4.05. The molecule has 6 heteroatoms. The van der Waals surface area contributed by atoms with E-state index in [1.54, 1.807) is 12.0 Å². The summed E-state index contributed by atoms with van der Waals surface area (Å²) in [5, 5.41) is 3.09. The van der Waals surface area contributed by atoms with Crippen LogP contribution in [-0.2, 0) is 22.6 Å². The van der Waals surface area contributed by atoms with Gasteiger partial charge in [0.1, 0.15) is 17.5 Å². The summed E-state index contributed by atoms with van der Waals surface area (Å²) in [6, 6.07) is 26.3. The molecule has 6 nitrogen and oxygen atoms in total. The van der Waals surface area contributed by atoms with Gasteiger partial charge in [0, 0.05) is 24.9 Å². The molecule has 3 aromatic rings. The SMILES string of the molecule is COc1cccc(CN(C(=O)CCCOc2ccccc2)[C@H](Cc2ccccc2)C(=O)NC(C)(C)C)c1. The summed E-state index contributed by atoms with van der Waals surface area (Å²) < 4.78 is 11.2. The maximum atomic E-state index is 13.7. The fourth-order valence-electron chi connectivity index (χ4n) is 4.05. The molecule has 1 N–H and O–H groups in total. The Hall–Kier alpha value is -3.80. The number of nitrogens with zero attached hydrogens (tertiary/aromatic N) is 1. The summed E-state index contributed by atoms with van der Waals surface area (Å²) in [5.41, 5.74) is 1.46. The highest BCUT2D eigenvalue weighted by atomic mass is 16.5. The summed E-state index contributed by atoms with van der Waals surface area (Å²) in [6.45, 7) is 6.55. The van der Waals surface area contributed by atoms with Crippen LogP contribution in [0.25, 0.3) is 0 Å². The molecule has 0 fully saturated rings. The van der Waals surface area contributed by atoms with E-state index in [9.17, 15) is 9.59 Å². The highest BCUT2D eigenvalue weighted by Gasteiger charge is 2.32. The van der Waals surface area contributed by atoms with Gasteiger partial charge in [-0.25, -0.2) is 0 Å². The Morgan fingerprint density at radius 3 is 2.14 bits per heavy atom. The molecule has 0 radical (unpaired) electrons. The number of para-hydroxylation sites is 1. The number of amides is 2. The molecule has 1 atom stereocenters. The van der Waals surface area contributed by atoms with Crippen molar-refractivity contribution in [3.8, 4) is 11.5 Å². The topological polar surface area (TPSA) is 67.9 Å². The van der Waals surface area contributed by atoms with Crippen molar-refractivity contribution in [1.29, 1.82) is 0 Å². The molecule has 196 valence electrons. The first-order valence-corrected chi connectivity index (χ1v) is 12.7. The molecule has 0 saturated carbocycles. The summed E-state index contributed by atoms with van der Waals surface area (Å²) >= 11 is 0. The Balaban J connectivity index is 1.84. The van der Waals surface area contributed by atoms with E-state index >= 15 is 0 Å². The number of hydrogen-bond acceptors (Lipinski definition) is 4. The van der Waals surface area contributed by atoms with E-state index in [0.717, 1.165) is 16.9 Å². The molecule has 0 aliphatic heterocycles. The van der Waals surface area contributed by atoms with Gasteiger partial charge in [0.2, 0.25) is 11.8 Å². The quantitative estimate of drug-likeness (QED) is 0.336. The van der Waals surface area contributed by atoms with Gasteiger partial charge in [-0.15, -0.1) is 0 Å². The number of methoxy groups -OCH3 is 1. The number of hydrogen-bond donors (Lipinski definition) is 1. The predicted molar refractivity (Wildman–Crippen MR) is 147 cm³/mol. The monoisotopic (exact) mass is 502 g/mol. The fraction of sp³-hybridized carbons (Fsp3) is 0.355. The number of benzene rings is 3. The summed E-state index contributed by atoms with van der Waals surface area (Å²) in [5.74, 6) is 1.22. The average molecular weight is 503 g/mol. The zero-order valence-corrected chi connectivity index (χ0v) is 22.3. The molecule has 0 spiro atoms. The van der Waals surface area contributed by atoms with Gasteiger partial charge in [0.15, 0.2) is 0 Å². The standard InChI is InChI=1S/C31H38N2O4/c1-31(2,3)32-30(35)28(22-24-13-7-5-8-14-24)33(23-25-15-11-18-27(21-25)36-4)29(34)19-12-20-37-26-16-9-6-10-17-26/h5-11,13-18,21,28H,12,19-20,22-23H2,1-4H3,(H,32,35)/t28-/m1/s1. The van der Waals surface area contributed by atoms with Crippen LogP contribution < -0.4 is 14.8 Å². The first kappa shape index (κ1) is 27.8. The second kappa shape index (κ2) is 13.5. The van der Waals surface area contributed by atoms with Crippen molar-refractivity contribution < 1.29 is 19.1 Å². The third-order valence-electron chi connectivity index (χ3n) is 5.80. The lowest BCUT2D eigenvalue weighted by molar-refractivity contribution is -0.142. The maximum absolute atomic E-state index is 13.7. The van der Waals surface area contributed by atoms with E-state index < -0.39 is 11.6 Å². The molecular weight excluding hydrogens is 464 g/mol. The van der Waals surface area contributed by atoms with Gasteiger partial charge in [-0.3, -0.25) is 9.59 Å². The molecule has 2 amide bonds. The van der Waals surface area contributed by atoms with Crippen molar-refractivity contribution in [2.75, 3.05) is 13.7 Å². The zero-order chi connectivity index (χ0) is 26.7. The molecule has 0 bridgehead atoms. The van der Waals surface area contributed by atoms with Gasteiger partial charge in [0.05, 0.1) is 13.7 Å². The second-order valence-corrected chi connectivity index (χ2v) is 10.1. The van der Waals surface area contributed by atoms with E-state index in [1.165, 1.54) is 0 Å². The van der Waals surface area contributed by atoms with E-state index in [0.29, 0.717) is 31.7 Å². The van der Waals surface area contributed by atoms with Crippen molar-refractivity contribution in [2.24, 2.45) is 0 Å². The molecule has 0 aliphatic carbocycles. The Morgan fingerprint density at radius 1 is 0.865 bits per heavy atom. The smallest absolute Gasteiger partial charge is 0.243 e. The van der Waals surface area contributed by atoms with Gasteiger partial charge in [-0.1, -0.05) is 60.7 Å². The van der Waals surface area contributed by atoms with Crippen molar-refractivity contribution in [3.05, 3.63) is 96.1 Å². The second-order valence-electron chi connectivity index (χ2n) is 10.1. The van der Waals surface area contributed by atoms with Crippen LogP contribution in [0.5, 0.6) is 11.5 Å². The maximum Gasteiger partial charge on any atom is 0.243 e. The Labute approximate surface area is 220 Å². The third-order valence-corrected chi connectivity index (χ3v) is 5.80. The highest BCUT2D eigenvalue weighted by Crippen LogP contribution is 2.20. The van der Waals surface area contributed by atoms with Crippen LogP contribution in [0.4, 0.5) is 0 Å². The Bertz CT molecular complexity index is 1130. The molecule has 37 heavy (non-hydrogen) atoms. The van der Waals surface area contributed by atoms with Crippen LogP contribution >= 0.6 is 0 Å². The number of nitrogens with one attached hydrogen (secondary N) is 1.